The molecule has 156 valence electrons. The zero-order valence-corrected chi connectivity index (χ0v) is 17.8. The smallest absolute Gasteiger partial charge is 0.255 e. The lowest BCUT2D eigenvalue weighted by Gasteiger charge is -2.18. The Balaban J connectivity index is 1.76. The molecule has 0 radical (unpaired) electrons. The first-order valence-corrected chi connectivity index (χ1v) is 10.3. The molecule has 2 aromatic rings. The molecule has 1 aliphatic rings. The predicted molar refractivity (Wildman–Crippen MR) is 114 cm³/mol. The summed E-state index contributed by atoms with van der Waals surface area (Å²) in [5, 5.41) is 0. The standard InChI is InChI=1S/C24H31FN2O2/c1-5-18(10-11-26)19-12-16(2)22-20(13-19)15-27(23(22)28)14-17-6-8-21(9-7-17)29-24(3,4)25/h6-9,12-13,18H,5,10-11,14-15,26H2,1-4H3. The van der Waals surface area contributed by atoms with Crippen LogP contribution in [0.4, 0.5) is 4.39 Å². The van der Waals surface area contributed by atoms with Crippen LogP contribution in [0, 0.1) is 6.92 Å². The number of carbonyl (C=O) groups is 1. The lowest BCUT2D eigenvalue weighted by molar-refractivity contribution is -0.0257. The SMILES string of the molecule is CCC(CCN)c1cc(C)c2c(c1)CN(Cc1ccc(OC(C)(C)F)cc1)C2=O. The quantitative estimate of drug-likeness (QED) is 0.675. The highest BCUT2D eigenvalue weighted by atomic mass is 19.2. The third-order valence-corrected chi connectivity index (χ3v) is 5.44. The van der Waals surface area contributed by atoms with E-state index in [1.807, 2.05) is 24.0 Å². The van der Waals surface area contributed by atoms with Gasteiger partial charge in [0.1, 0.15) is 5.75 Å². The summed E-state index contributed by atoms with van der Waals surface area (Å²) in [4.78, 5) is 14.8. The number of alkyl halides is 1. The Kier molecular flexibility index (Phi) is 6.27. The van der Waals surface area contributed by atoms with E-state index in [9.17, 15) is 9.18 Å². The molecule has 0 aromatic heterocycles. The van der Waals surface area contributed by atoms with Crippen LogP contribution in [-0.2, 0) is 13.1 Å². The van der Waals surface area contributed by atoms with Crippen LogP contribution in [0.5, 0.6) is 5.75 Å². The number of benzene rings is 2. The summed E-state index contributed by atoms with van der Waals surface area (Å²) >= 11 is 0. The fraction of sp³-hybridized carbons (Fsp3) is 0.458. The summed E-state index contributed by atoms with van der Waals surface area (Å²) in [7, 11) is 0. The summed E-state index contributed by atoms with van der Waals surface area (Å²) < 4.78 is 18.8. The molecule has 2 aromatic carbocycles. The van der Waals surface area contributed by atoms with Gasteiger partial charge in [-0.25, -0.2) is 0 Å². The van der Waals surface area contributed by atoms with Crippen molar-refractivity contribution in [1.82, 2.24) is 4.90 Å². The molecule has 0 bridgehead atoms. The highest BCUT2D eigenvalue weighted by Gasteiger charge is 2.30. The molecule has 0 saturated heterocycles. The number of nitrogens with two attached hydrogens (primary N) is 1. The van der Waals surface area contributed by atoms with E-state index in [2.05, 4.69) is 19.1 Å². The van der Waals surface area contributed by atoms with E-state index in [4.69, 9.17) is 10.5 Å². The van der Waals surface area contributed by atoms with Gasteiger partial charge in [0, 0.05) is 32.5 Å². The minimum atomic E-state index is -1.72. The van der Waals surface area contributed by atoms with Crippen molar-refractivity contribution in [2.45, 2.75) is 65.4 Å². The number of carbonyl (C=O) groups excluding carboxylic acids is 1. The van der Waals surface area contributed by atoms with Gasteiger partial charge in [-0.2, -0.15) is 4.39 Å². The van der Waals surface area contributed by atoms with Crippen molar-refractivity contribution in [2.24, 2.45) is 5.73 Å². The lowest BCUT2D eigenvalue weighted by Crippen LogP contribution is -2.23. The molecule has 0 fully saturated rings. The summed E-state index contributed by atoms with van der Waals surface area (Å²) in [6.45, 7) is 8.72. The molecule has 29 heavy (non-hydrogen) atoms. The Labute approximate surface area is 172 Å². The van der Waals surface area contributed by atoms with Crippen LogP contribution in [0.3, 0.4) is 0 Å². The van der Waals surface area contributed by atoms with Crippen molar-refractivity contribution in [1.29, 1.82) is 0 Å². The number of amides is 1. The molecule has 1 atom stereocenters. The maximum atomic E-state index is 13.6. The van der Waals surface area contributed by atoms with E-state index in [0.29, 0.717) is 31.3 Å². The van der Waals surface area contributed by atoms with Gasteiger partial charge in [0.25, 0.3) is 5.91 Å². The molecule has 1 aliphatic heterocycles. The van der Waals surface area contributed by atoms with Crippen LogP contribution >= 0.6 is 0 Å². The third-order valence-electron chi connectivity index (χ3n) is 5.44. The fourth-order valence-electron chi connectivity index (χ4n) is 4.09. The zero-order chi connectivity index (χ0) is 21.2. The monoisotopic (exact) mass is 398 g/mol. The second-order valence-corrected chi connectivity index (χ2v) is 8.33. The summed E-state index contributed by atoms with van der Waals surface area (Å²) in [6.07, 6.45) is 1.99. The van der Waals surface area contributed by atoms with E-state index in [1.54, 1.807) is 12.1 Å². The molecular weight excluding hydrogens is 367 g/mol. The summed E-state index contributed by atoms with van der Waals surface area (Å²) in [5.41, 5.74) is 11.0. The second-order valence-electron chi connectivity index (χ2n) is 8.33. The molecule has 2 N–H and O–H groups in total. The summed E-state index contributed by atoms with van der Waals surface area (Å²) in [5.74, 6) is -0.742. The van der Waals surface area contributed by atoms with Crippen LogP contribution in [0.25, 0.3) is 0 Å². The van der Waals surface area contributed by atoms with Crippen molar-refractivity contribution >= 4 is 5.91 Å². The lowest BCUT2D eigenvalue weighted by atomic mass is 9.89. The van der Waals surface area contributed by atoms with Crippen molar-refractivity contribution in [2.75, 3.05) is 6.54 Å². The average Bonchev–Trinajstić information content (AvgIpc) is 2.96. The Morgan fingerprint density at radius 3 is 2.52 bits per heavy atom. The summed E-state index contributed by atoms with van der Waals surface area (Å²) in [6, 6.07) is 11.6. The van der Waals surface area contributed by atoms with E-state index in [1.165, 1.54) is 19.4 Å². The second kappa shape index (κ2) is 8.54. The first-order valence-electron chi connectivity index (χ1n) is 10.3. The van der Waals surface area contributed by atoms with Gasteiger partial charge in [0.2, 0.25) is 5.85 Å². The number of aryl methyl sites for hydroxylation is 1. The number of rotatable bonds is 8. The van der Waals surface area contributed by atoms with E-state index in [-0.39, 0.29) is 5.91 Å². The molecule has 4 nitrogen and oxygen atoms in total. The van der Waals surface area contributed by atoms with E-state index in [0.717, 1.165) is 35.1 Å². The molecule has 1 heterocycles. The van der Waals surface area contributed by atoms with Crippen LogP contribution in [-0.4, -0.2) is 23.2 Å². The van der Waals surface area contributed by atoms with Crippen LogP contribution in [0.2, 0.25) is 0 Å². The van der Waals surface area contributed by atoms with E-state index < -0.39 is 5.85 Å². The van der Waals surface area contributed by atoms with Gasteiger partial charge in [-0.05, 0) is 66.6 Å². The molecule has 0 spiro atoms. The molecule has 0 saturated carbocycles. The molecule has 5 heteroatoms. The average molecular weight is 399 g/mol. The van der Waals surface area contributed by atoms with Gasteiger partial charge >= 0.3 is 0 Å². The predicted octanol–water partition coefficient (Wildman–Crippen LogP) is 5.08. The fourth-order valence-corrected chi connectivity index (χ4v) is 4.09. The van der Waals surface area contributed by atoms with Gasteiger partial charge in [-0.1, -0.05) is 31.2 Å². The van der Waals surface area contributed by atoms with Gasteiger partial charge in [0.05, 0.1) is 0 Å². The van der Waals surface area contributed by atoms with Crippen LogP contribution in [0.15, 0.2) is 36.4 Å². The first-order chi connectivity index (χ1) is 13.7. The van der Waals surface area contributed by atoms with Crippen LogP contribution in [0.1, 0.15) is 72.1 Å². The van der Waals surface area contributed by atoms with Crippen molar-refractivity contribution in [3.63, 3.8) is 0 Å². The number of hydrogen-bond donors (Lipinski definition) is 1. The van der Waals surface area contributed by atoms with Crippen molar-refractivity contribution in [3.05, 3.63) is 64.2 Å². The molecular formula is C24H31FN2O2. The Morgan fingerprint density at radius 1 is 1.24 bits per heavy atom. The van der Waals surface area contributed by atoms with Crippen LogP contribution < -0.4 is 10.5 Å². The molecule has 1 amide bonds. The maximum absolute atomic E-state index is 13.6. The Morgan fingerprint density at radius 2 is 1.93 bits per heavy atom. The topological polar surface area (TPSA) is 55.6 Å². The number of ether oxygens (including phenoxy) is 1. The number of fused-ring (bicyclic) bond motifs is 1. The zero-order valence-electron chi connectivity index (χ0n) is 17.8. The molecule has 1 unspecified atom stereocenters. The van der Waals surface area contributed by atoms with Gasteiger partial charge < -0.3 is 15.4 Å². The minimum Gasteiger partial charge on any atom is -0.459 e. The number of halogens is 1. The van der Waals surface area contributed by atoms with E-state index >= 15 is 0 Å². The van der Waals surface area contributed by atoms with Crippen molar-refractivity contribution < 1.29 is 13.9 Å². The molecule has 0 aliphatic carbocycles. The number of hydrogen-bond acceptors (Lipinski definition) is 3. The maximum Gasteiger partial charge on any atom is 0.255 e. The highest BCUT2D eigenvalue weighted by molar-refractivity contribution is 5.99. The van der Waals surface area contributed by atoms with Gasteiger partial charge in [-0.15, -0.1) is 0 Å². The first kappa shape index (κ1) is 21.3. The normalized spacial score (nSPS) is 14.8. The Hall–Kier alpha value is -2.40. The van der Waals surface area contributed by atoms with Crippen molar-refractivity contribution in [3.8, 4) is 5.75 Å². The third kappa shape index (κ3) is 4.96. The highest BCUT2D eigenvalue weighted by Crippen LogP contribution is 2.33. The van der Waals surface area contributed by atoms with Gasteiger partial charge in [0.15, 0.2) is 0 Å². The largest absolute Gasteiger partial charge is 0.459 e. The number of nitrogens with zero attached hydrogens (tertiary/aromatic N) is 1. The molecule has 3 rings (SSSR count). The Bertz CT molecular complexity index is 872. The minimum absolute atomic E-state index is 0.0705. The van der Waals surface area contributed by atoms with Gasteiger partial charge in [-0.3, -0.25) is 4.79 Å².